The summed E-state index contributed by atoms with van der Waals surface area (Å²) in [6.45, 7) is 3.69. The highest BCUT2D eigenvalue weighted by Crippen LogP contribution is 2.29. The van der Waals surface area contributed by atoms with Gasteiger partial charge in [-0.3, -0.25) is 14.4 Å². The SMILES string of the molecule is COc1ccc(C)cc1NC(=O)C1CC(=O)N(c2cccc(C(C)=O)c2)C1. The van der Waals surface area contributed by atoms with Gasteiger partial charge in [-0.1, -0.05) is 18.2 Å². The molecule has 1 aliphatic heterocycles. The molecule has 3 rings (SSSR count). The number of amides is 2. The molecule has 1 atom stereocenters. The van der Waals surface area contributed by atoms with Gasteiger partial charge >= 0.3 is 0 Å². The number of anilines is 2. The average Bonchev–Trinajstić information content (AvgIpc) is 3.04. The summed E-state index contributed by atoms with van der Waals surface area (Å²) in [5, 5.41) is 2.87. The molecular weight excluding hydrogens is 344 g/mol. The van der Waals surface area contributed by atoms with Crippen LogP contribution in [0.15, 0.2) is 42.5 Å². The lowest BCUT2D eigenvalue weighted by Gasteiger charge is -2.18. The molecule has 1 saturated heterocycles. The first-order valence-electron chi connectivity index (χ1n) is 8.76. The Morgan fingerprint density at radius 2 is 1.96 bits per heavy atom. The van der Waals surface area contributed by atoms with Crippen molar-refractivity contribution in [1.29, 1.82) is 0 Å². The predicted molar refractivity (Wildman–Crippen MR) is 103 cm³/mol. The minimum atomic E-state index is -0.469. The van der Waals surface area contributed by atoms with Gasteiger partial charge in [0.1, 0.15) is 5.75 Å². The third-order valence-corrected chi connectivity index (χ3v) is 4.67. The Hall–Kier alpha value is -3.15. The maximum Gasteiger partial charge on any atom is 0.229 e. The van der Waals surface area contributed by atoms with E-state index < -0.39 is 5.92 Å². The number of nitrogens with zero attached hydrogens (tertiary/aromatic N) is 1. The number of nitrogens with one attached hydrogen (secondary N) is 1. The number of methoxy groups -OCH3 is 1. The van der Waals surface area contributed by atoms with Gasteiger partial charge < -0.3 is 15.0 Å². The number of hydrogen-bond acceptors (Lipinski definition) is 4. The molecule has 1 aliphatic rings. The standard InChI is InChI=1S/C21H22N2O4/c1-13-7-8-19(27-3)18(9-13)22-21(26)16-11-20(25)23(12-16)17-6-4-5-15(10-17)14(2)24/h4-10,16H,11-12H2,1-3H3,(H,22,26). The summed E-state index contributed by atoms with van der Waals surface area (Å²) < 4.78 is 5.29. The molecule has 1 unspecified atom stereocenters. The summed E-state index contributed by atoms with van der Waals surface area (Å²) in [5.41, 5.74) is 2.76. The normalized spacial score (nSPS) is 16.3. The fourth-order valence-corrected chi connectivity index (χ4v) is 3.18. The lowest BCUT2D eigenvalue weighted by molar-refractivity contribution is -0.122. The van der Waals surface area contributed by atoms with Crippen LogP contribution in [0.25, 0.3) is 0 Å². The van der Waals surface area contributed by atoms with E-state index in [1.165, 1.54) is 6.92 Å². The summed E-state index contributed by atoms with van der Waals surface area (Å²) in [6, 6.07) is 12.4. The quantitative estimate of drug-likeness (QED) is 0.825. The first-order chi connectivity index (χ1) is 12.9. The van der Waals surface area contributed by atoms with E-state index in [9.17, 15) is 14.4 Å². The molecule has 1 fully saturated rings. The molecule has 6 nitrogen and oxygen atoms in total. The predicted octanol–water partition coefficient (Wildman–Crippen LogP) is 3.20. The van der Waals surface area contributed by atoms with E-state index in [1.807, 2.05) is 19.1 Å². The molecule has 0 spiro atoms. The molecule has 1 N–H and O–H groups in total. The Morgan fingerprint density at radius 3 is 2.67 bits per heavy atom. The smallest absolute Gasteiger partial charge is 0.229 e. The molecule has 2 aromatic carbocycles. The average molecular weight is 366 g/mol. The van der Waals surface area contributed by atoms with Gasteiger partial charge in [0.15, 0.2) is 5.78 Å². The van der Waals surface area contributed by atoms with E-state index in [0.29, 0.717) is 22.7 Å². The lowest BCUT2D eigenvalue weighted by Crippen LogP contribution is -2.28. The van der Waals surface area contributed by atoms with E-state index in [-0.39, 0.29) is 30.6 Å². The number of ketones is 1. The number of Topliss-reactive ketones (excluding diaryl/α,β-unsaturated/α-hetero) is 1. The van der Waals surface area contributed by atoms with E-state index in [1.54, 1.807) is 42.3 Å². The molecule has 2 amide bonds. The van der Waals surface area contributed by atoms with Gasteiger partial charge in [-0.05, 0) is 43.7 Å². The molecular formula is C21H22N2O4. The maximum absolute atomic E-state index is 12.7. The van der Waals surface area contributed by atoms with E-state index in [2.05, 4.69) is 5.32 Å². The van der Waals surface area contributed by atoms with Crippen molar-refractivity contribution < 1.29 is 19.1 Å². The number of rotatable bonds is 5. The van der Waals surface area contributed by atoms with Crippen molar-refractivity contribution in [2.75, 3.05) is 23.9 Å². The summed E-state index contributed by atoms with van der Waals surface area (Å²) in [5.74, 6) is -0.318. The van der Waals surface area contributed by atoms with Crippen molar-refractivity contribution in [3.8, 4) is 5.75 Å². The van der Waals surface area contributed by atoms with Crippen LogP contribution in [-0.2, 0) is 9.59 Å². The zero-order chi connectivity index (χ0) is 19.6. The minimum Gasteiger partial charge on any atom is -0.495 e. The van der Waals surface area contributed by atoms with Crippen LogP contribution in [0, 0.1) is 12.8 Å². The van der Waals surface area contributed by atoms with Gasteiger partial charge in [-0.25, -0.2) is 0 Å². The molecule has 0 aromatic heterocycles. The van der Waals surface area contributed by atoms with Gasteiger partial charge in [0.2, 0.25) is 11.8 Å². The van der Waals surface area contributed by atoms with Gasteiger partial charge in [0.25, 0.3) is 0 Å². The Labute approximate surface area is 158 Å². The maximum atomic E-state index is 12.7. The van der Waals surface area contributed by atoms with Crippen LogP contribution in [0.1, 0.15) is 29.3 Å². The highest BCUT2D eigenvalue weighted by Gasteiger charge is 2.35. The van der Waals surface area contributed by atoms with Crippen LogP contribution < -0.4 is 15.0 Å². The van der Waals surface area contributed by atoms with E-state index in [0.717, 1.165) is 5.56 Å². The summed E-state index contributed by atoms with van der Waals surface area (Å²) in [6.07, 6.45) is 0.129. The highest BCUT2D eigenvalue weighted by molar-refractivity contribution is 6.04. The second-order valence-electron chi connectivity index (χ2n) is 6.70. The van der Waals surface area contributed by atoms with Crippen molar-refractivity contribution >= 4 is 29.0 Å². The Kier molecular flexibility index (Phi) is 5.26. The molecule has 6 heteroatoms. The number of hydrogen-bond donors (Lipinski definition) is 1. The number of ether oxygens (including phenoxy) is 1. The van der Waals surface area contributed by atoms with E-state index >= 15 is 0 Å². The van der Waals surface area contributed by atoms with Crippen LogP contribution in [0.3, 0.4) is 0 Å². The van der Waals surface area contributed by atoms with Gasteiger partial charge in [-0.2, -0.15) is 0 Å². The van der Waals surface area contributed by atoms with Crippen molar-refractivity contribution in [2.45, 2.75) is 20.3 Å². The Balaban J connectivity index is 1.75. The monoisotopic (exact) mass is 366 g/mol. The fraction of sp³-hybridized carbons (Fsp3) is 0.286. The molecule has 27 heavy (non-hydrogen) atoms. The summed E-state index contributed by atoms with van der Waals surface area (Å²) in [7, 11) is 1.54. The van der Waals surface area contributed by atoms with Gasteiger partial charge in [0.05, 0.1) is 18.7 Å². The highest BCUT2D eigenvalue weighted by atomic mass is 16.5. The third-order valence-electron chi connectivity index (χ3n) is 4.67. The first kappa shape index (κ1) is 18.6. The molecule has 0 saturated carbocycles. The third kappa shape index (κ3) is 4.00. The van der Waals surface area contributed by atoms with Gasteiger partial charge in [-0.15, -0.1) is 0 Å². The lowest BCUT2D eigenvalue weighted by atomic mass is 10.1. The largest absolute Gasteiger partial charge is 0.495 e. The van der Waals surface area contributed by atoms with Crippen molar-refractivity contribution in [3.05, 3.63) is 53.6 Å². The Morgan fingerprint density at radius 1 is 1.19 bits per heavy atom. The first-order valence-corrected chi connectivity index (χ1v) is 8.76. The van der Waals surface area contributed by atoms with Crippen molar-refractivity contribution in [2.24, 2.45) is 5.92 Å². The molecule has 1 heterocycles. The van der Waals surface area contributed by atoms with E-state index in [4.69, 9.17) is 4.74 Å². The van der Waals surface area contributed by atoms with Crippen LogP contribution in [0.5, 0.6) is 5.75 Å². The zero-order valence-corrected chi connectivity index (χ0v) is 15.6. The van der Waals surface area contributed by atoms with Crippen LogP contribution in [0.2, 0.25) is 0 Å². The number of aryl methyl sites for hydroxylation is 1. The number of benzene rings is 2. The second kappa shape index (κ2) is 7.61. The number of carbonyl (C=O) groups is 3. The molecule has 0 aliphatic carbocycles. The van der Waals surface area contributed by atoms with Gasteiger partial charge in [0, 0.05) is 24.2 Å². The fourth-order valence-electron chi connectivity index (χ4n) is 3.18. The summed E-state index contributed by atoms with van der Waals surface area (Å²) in [4.78, 5) is 38.3. The second-order valence-corrected chi connectivity index (χ2v) is 6.70. The zero-order valence-electron chi connectivity index (χ0n) is 15.6. The molecule has 0 radical (unpaired) electrons. The van der Waals surface area contributed by atoms with Crippen molar-refractivity contribution in [3.63, 3.8) is 0 Å². The Bertz CT molecular complexity index is 907. The molecule has 0 bridgehead atoms. The summed E-state index contributed by atoms with van der Waals surface area (Å²) >= 11 is 0. The molecule has 140 valence electrons. The molecule has 2 aromatic rings. The number of carbonyl (C=O) groups excluding carboxylic acids is 3. The topological polar surface area (TPSA) is 75.7 Å². The van der Waals surface area contributed by atoms with Crippen LogP contribution in [0.4, 0.5) is 11.4 Å². The van der Waals surface area contributed by atoms with Crippen LogP contribution >= 0.6 is 0 Å². The van der Waals surface area contributed by atoms with Crippen molar-refractivity contribution in [1.82, 2.24) is 0 Å². The van der Waals surface area contributed by atoms with Crippen LogP contribution in [-0.4, -0.2) is 31.3 Å². The minimum absolute atomic E-state index is 0.0654.